The lowest BCUT2D eigenvalue weighted by atomic mass is 10.0. The molecule has 3 aliphatic heterocycles. The van der Waals surface area contributed by atoms with Gasteiger partial charge in [-0.05, 0) is 19.3 Å². The van der Waals surface area contributed by atoms with Crippen molar-refractivity contribution in [1.82, 2.24) is 20.0 Å². The van der Waals surface area contributed by atoms with E-state index in [1.165, 1.54) is 0 Å². The first-order chi connectivity index (χ1) is 13.3. The second-order valence-corrected chi connectivity index (χ2v) is 7.07. The van der Waals surface area contributed by atoms with E-state index in [4.69, 9.17) is 14.6 Å². The lowest BCUT2D eigenvalue weighted by Crippen LogP contribution is -2.40. The smallest absolute Gasteiger partial charge is 0.475 e. The summed E-state index contributed by atoms with van der Waals surface area (Å²) < 4.78 is 37.2. The summed E-state index contributed by atoms with van der Waals surface area (Å²) in [4.78, 5) is 25.9. The molecule has 2 saturated heterocycles. The quantitative estimate of drug-likeness (QED) is 0.774. The fourth-order valence-electron chi connectivity index (χ4n) is 3.68. The summed E-state index contributed by atoms with van der Waals surface area (Å²) in [5.41, 5.74) is 2.91. The van der Waals surface area contributed by atoms with Crippen LogP contribution in [0.4, 0.5) is 13.2 Å². The molecule has 1 aromatic heterocycles. The molecule has 0 radical (unpaired) electrons. The number of nitrogens with zero attached hydrogens (tertiary/aromatic N) is 3. The lowest BCUT2D eigenvalue weighted by molar-refractivity contribution is -0.192. The number of aromatic nitrogens is 2. The van der Waals surface area contributed by atoms with Crippen molar-refractivity contribution in [2.45, 2.75) is 44.4 Å². The zero-order valence-electron chi connectivity index (χ0n) is 15.3. The zero-order valence-corrected chi connectivity index (χ0v) is 15.3. The average molecular weight is 404 g/mol. The highest BCUT2D eigenvalue weighted by Gasteiger charge is 2.38. The molecule has 0 saturated carbocycles. The Morgan fingerprint density at radius 3 is 2.46 bits per heavy atom. The first-order valence-electron chi connectivity index (χ1n) is 9.24. The molecule has 0 bridgehead atoms. The molecule has 3 aliphatic rings. The second kappa shape index (κ2) is 8.48. The van der Waals surface area contributed by atoms with Crippen molar-refractivity contribution in [3.63, 3.8) is 0 Å². The maximum Gasteiger partial charge on any atom is 0.490 e. The Morgan fingerprint density at radius 2 is 1.89 bits per heavy atom. The van der Waals surface area contributed by atoms with E-state index >= 15 is 0 Å². The van der Waals surface area contributed by atoms with E-state index in [1.54, 1.807) is 0 Å². The van der Waals surface area contributed by atoms with Gasteiger partial charge >= 0.3 is 12.1 Å². The first kappa shape index (κ1) is 20.6. The van der Waals surface area contributed by atoms with Crippen molar-refractivity contribution in [2.75, 3.05) is 32.8 Å². The fourth-order valence-corrected chi connectivity index (χ4v) is 3.68. The molecule has 2 N–H and O–H groups in total. The first-order valence-corrected chi connectivity index (χ1v) is 9.24. The van der Waals surface area contributed by atoms with Crippen LogP contribution in [-0.4, -0.2) is 82.0 Å². The molecular weight excluding hydrogens is 381 g/mol. The number of halogens is 3. The van der Waals surface area contributed by atoms with Crippen LogP contribution in [0.5, 0.6) is 0 Å². The van der Waals surface area contributed by atoms with Crippen LogP contribution in [0.2, 0.25) is 0 Å². The van der Waals surface area contributed by atoms with Crippen LogP contribution in [-0.2, 0) is 22.5 Å². The number of hydrogen-bond acceptors (Lipinski definition) is 5. The molecule has 156 valence electrons. The third kappa shape index (κ3) is 4.64. The standard InChI is InChI=1S/C15H22N4O2.C2HF3O2/c20-15(18-5-1-2-6-18)14-12-9-19(11-4-8-21-10-11)7-3-13(12)16-17-14;3-2(4,5)1(6)7/h11H,1-10H2,(H,16,17);(H,6,7). The van der Waals surface area contributed by atoms with Crippen LogP contribution in [0.1, 0.15) is 41.0 Å². The highest BCUT2D eigenvalue weighted by atomic mass is 19.4. The Bertz CT molecular complexity index is 710. The number of likely N-dealkylation sites (tertiary alicyclic amines) is 1. The van der Waals surface area contributed by atoms with Crippen molar-refractivity contribution < 1.29 is 32.6 Å². The van der Waals surface area contributed by atoms with Gasteiger partial charge in [-0.25, -0.2) is 4.79 Å². The Morgan fingerprint density at radius 1 is 1.21 bits per heavy atom. The lowest BCUT2D eigenvalue weighted by Gasteiger charge is -2.31. The fraction of sp³-hybridized carbons (Fsp3) is 0.706. The Hall–Kier alpha value is -2.14. The molecule has 1 unspecified atom stereocenters. The van der Waals surface area contributed by atoms with Gasteiger partial charge in [-0.2, -0.15) is 18.3 Å². The number of aromatic amines is 1. The number of H-pyrrole nitrogens is 1. The van der Waals surface area contributed by atoms with E-state index in [1.807, 2.05) is 4.90 Å². The van der Waals surface area contributed by atoms with Crippen LogP contribution in [0, 0.1) is 0 Å². The van der Waals surface area contributed by atoms with Crippen molar-refractivity contribution in [1.29, 1.82) is 0 Å². The number of nitrogens with one attached hydrogen (secondary N) is 1. The van der Waals surface area contributed by atoms with Gasteiger partial charge in [0.15, 0.2) is 5.69 Å². The van der Waals surface area contributed by atoms with Gasteiger partial charge in [0, 0.05) is 56.5 Å². The van der Waals surface area contributed by atoms with Gasteiger partial charge in [-0.1, -0.05) is 0 Å². The largest absolute Gasteiger partial charge is 0.490 e. The monoisotopic (exact) mass is 404 g/mol. The molecule has 2 fully saturated rings. The summed E-state index contributed by atoms with van der Waals surface area (Å²) in [5.74, 6) is -2.65. The van der Waals surface area contributed by atoms with Crippen molar-refractivity contribution in [3.05, 3.63) is 17.0 Å². The molecule has 8 nitrogen and oxygen atoms in total. The summed E-state index contributed by atoms with van der Waals surface area (Å²) in [6, 6.07) is 0.503. The number of carboxylic acids is 1. The molecule has 1 aromatic rings. The van der Waals surface area contributed by atoms with Gasteiger partial charge in [0.25, 0.3) is 5.91 Å². The Kier molecular flexibility index (Phi) is 6.23. The number of ether oxygens (including phenoxy) is 1. The van der Waals surface area contributed by atoms with Crippen molar-refractivity contribution in [3.8, 4) is 0 Å². The summed E-state index contributed by atoms with van der Waals surface area (Å²) in [5, 5.41) is 14.5. The maximum atomic E-state index is 12.6. The minimum Gasteiger partial charge on any atom is -0.475 e. The molecule has 28 heavy (non-hydrogen) atoms. The van der Waals surface area contributed by atoms with Crippen LogP contribution >= 0.6 is 0 Å². The molecule has 4 heterocycles. The van der Waals surface area contributed by atoms with Crippen molar-refractivity contribution in [2.24, 2.45) is 0 Å². The summed E-state index contributed by atoms with van der Waals surface area (Å²) in [6.45, 7) is 5.29. The molecule has 1 amide bonds. The predicted octanol–water partition coefficient (Wildman–Crippen LogP) is 1.43. The highest BCUT2D eigenvalue weighted by Crippen LogP contribution is 2.26. The molecule has 4 rings (SSSR count). The summed E-state index contributed by atoms with van der Waals surface area (Å²) in [6.07, 6.45) is -0.803. The topological polar surface area (TPSA) is 98.8 Å². The molecule has 1 atom stereocenters. The third-order valence-corrected chi connectivity index (χ3v) is 5.22. The number of amides is 1. The number of carbonyl (C=O) groups is 2. The van der Waals surface area contributed by atoms with E-state index in [2.05, 4.69) is 15.1 Å². The molecule has 0 spiro atoms. The Labute approximate surface area is 159 Å². The number of alkyl halides is 3. The number of fused-ring (bicyclic) bond motifs is 1. The van der Waals surface area contributed by atoms with Gasteiger partial charge in [-0.15, -0.1) is 0 Å². The van der Waals surface area contributed by atoms with Gasteiger partial charge in [-0.3, -0.25) is 14.8 Å². The maximum absolute atomic E-state index is 12.6. The van der Waals surface area contributed by atoms with Gasteiger partial charge in [0.1, 0.15) is 0 Å². The van der Waals surface area contributed by atoms with Crippen LogP contribution in [0.15, 0.2) is 0 Å². The average Bonchev–Trinajstić information content (AvgIpc) is 3.41. The number of hydrogen-bond donors (Lipinski definition) is 2. The van der Waals surface area contributed by atoms with Gasteiger partial charge in [0.05, 0.1) is 6.61 Å². The normalized spacial score (nSPS) is 22.5. The highest BCUT2D eigenvalue weighted by molar-refractivity contribution is 5.94. The number of rotatable bonds is 2. The van der Waals surface area contributed by atoms with Gasteiger partial charge in [0.2, 0.25) is 0 Å². The zero-order chi connectivity index (χ0) is 20.3. The van der Waals surface area contributed by atoms with E-state index in [0.717, 1.165) is 76.3 Å². The molecular formula is C17H23F3N4O4. The minimum atomic E-state index is -5.08. The SMILES string of the molecule is O=C(O)C(F)(F)F.O=C(c1n[nH]c2c1CN(C1CCOC1)CC2)N1CCCC1. The molecule has 0 aliphatic carbocycles. The third-order valence-electron chi connectivity index (χ3n) is 5.22. The minimum absolute atomic E-state index is 0.106. The van der Waals surface area contributed by atoms with E-state index in [9.17, 15) is 18.0 Å². The number of carboxylic acid groups (broad SMARTS) is 1. The molecule has 0 aromatic carbocycles. The summed E-state index contributed by atoms with van der Waals surface area (Å²) >= 11 is 0. The Balaban J connectivity index is 0.000000279. The van der Waals surface area contributed by atoms with E-state index in [-0.39, 0.29) is 5.91 Å². The van der Waals surface area contributed by atoms with Crippen LogP contribution < -0.4 is 0 Å². The van der Waals surface area contributed by atoms with Crippen LogP contribution in [0.25, 0.3) is 0 Å². The predicted molar refractivity (Wildman–Crippen MR) is 90.8 cm³/mol. The number of aliphatic carboxylic acids is 1. The second-order valence-electron chi connectivity index (χ2n) is 7.07. The van der Waals surface area contributed by atoms with E-state index in [0.29, 0.717) is 11.7 Å². The summed E-state index contributed by atoms with van der Waals surface area (Å²) in [7, 11) is 0. The van der Waals surface area contributed by atoms with Crippen molar-refractivity contribution >= 4 is 11.9 Å². The molecule has 11 heteroatoms. The van der Waals surface area contributed by atoms with E-state index < -0.39 is 12.1 Å². The van der Waals surface area contributed by atoms with Gasteiger partial charge < -0.3 is 14.7 Å². The van der Waals surface area contributed by atoms with Crippen LogP contribution in [0.3, 0.4) is 0 Å². The number of carbonyl (C=O) groups excluding carboxylic acids is 1.